The number of hydrogen-bond acceptors (Lipinski definition) is 2. The summed E-state index contributed by atoms with van der Waals surface area (Å²) in [6, 6.07) is 63.8. The van der Waals surface area contributed by atoms with E-state index >= 15 is 0 Å². The van der Waals surface area contributed by atoms with E-state index in [1.807, 2.05) is 30.3 Å². The van der Waals surface area contributed by atoms with Crippen molar-refractivity contribution in [3.05, 3.63) is 218 Å². The molecule has 12 rings (SSSR count). The van der Waals surface area contributed by atoms with E-state index in [4.69, 9.17) is 8.85 Å². The molecule has 62 heavy (non-hydrogen) atoms. The molecule has 0 bridgehead atoms. The van der Waals surface area contributed by atoms with Gasteiger partial charge in [0, 0.05) is 17.1 Å². The van der Waals surface area contributed by atoms with Crippen LogP contribution in [-0.4, -0.2) is 14.8 Å². The van der Waals surface area contributed by atoms with Crippen LogP contribution >= 0.6 is 0 Å². The third kappa shape index (κ3) is 5.49. The molecule has 0 atom stereocenters. The molecule has 4 heteroatoms. The van der Waals surface area contributed by atoms with E-state index in [9.17, 15) is 2.74 Å². The first-order valence-electron chi connectivity index (χ1n) is 23.9. The maximum atomic E-state index is 9.18. The molecule has 294 valence electrons. The minimum Gasteiger partial charge on any atom is -0.458 e. The van der Waals surface area contributed by atoms with Crippen LogP contribution in [0.25, 0.3) is 33.4 Å². The van der Waals surface area contributed by atoms with Gasteiger partial charge < -0.3 is 9.64 Å². The Labute approximate surface area is 372 Å². The molecular formula is C58H44BNOSi. The third-order valence-corrected chi connectivity index (χ3v) is 18.1. The minimum atomic E-state index is -2.94. The molecule has 0 aliphatic carbocycles. The van der Waals surface area contributed by atoms with Crippen molar-refractivity contribution in [3.63, 3.8) is 0 Å². The average molecular weight is 815 g/mol. The van der Waals surface area contributed by atoms with Gasteiger partial charge in [-0.05, 0) is 118 Å². The van der Waals surface area contributed by atoms with Crippen LogP contribution in [0, 0.1) is 0 Å². The van der Waals surface area contributed by atoms with Crippen molar-refractivity contribution in [2.75, 3.05) is 4.90 Å². The summed E-state index contributed by atoms with van der Waals surface area (Å²) in [5.41, 5.74) is 12.2. The molecule has 0 fully saturated rings. The van der Waals surface area contributed by atoms with Crippen LogP contribution in [0.3, 0.4) is 0 Å². The van der Waals surface area contributed by atoms with E-state index in [1.165, 1.54) is 37.4 Å². The van der Waals surface area contributed by atoms with Crippen molar-refractivity contribution in [3.8, 4) is 44.9 Å². The smallest absolute Gasteiger partial charge is 0.256 e. The highest BCUT2D eigenvalue weighted by Gasteiger charge is 2.51. The quantitative estimate of drug-likeness (QED) is 0.161. The number of benzene rings is 9. The van der Waals surface area contributed by atoms with Gasteiger partial charge in [-0.25, -0.2) is 0 Å². The van der Waals surface area contributed by atoms with Gasteiger partial charge in [-0.1, -0.05) is 197 Å². The SMILES string of the molecule is [2H]c1c([2H])c([2H])c(-c2cc3c4c(c2)N(c2ccc(C(C)(C)C)cc2)c2cc5c(cc2B4c2ccc(-c4ccccc4)cc2O3)-c2ccccc2[Si]5(c2ccccc2)c2ccccc2)c([2H])c1[2H]. The van der Waals surface area contributed by atoms with Gasteiger partial charge in [0.25, 0.3) is 6.71 Å². The summed E-state index contributed by atoms with van der Waals surface area (Å²) in [5.74, 6) is 1.30. The number of nitrogens with zero attached hydrogens (tertiary/aromatic N) is 1. The van der Waals surface area contributed by atoms with Gasteiger partial charge >= 0.3 is 0 Å². The molecule has 0 saturated heterocycles. The van der Waals surface area contributed by atoms with E-state index in [-0.39, 0.29) is 41.9 Å². The summed E-state index contributed by atoms with van der Waals surface area (Å²) in [6.45, 7) is 6.40. The van der Waals surface area contributed by atoms with Gasteiger partial charge in [0.1, 0.15) is 11.5 Å². The molecule has 0 saturated carbocycles. The maximum Gasteiger partial charge on any atom is 0.256 e. The molecule has 0 spiro atoms. The fourth-order valence-corrected chi connectivity index (χ4v) is 15.6. The van der Waals surface area contributed by atoms with E-state index in [1.54, 1.807) is 0 Å². The van der Waals surface area contributed by atoms with Crippen molar-refractivity contribution < 1.29 is 11.6 Å². The normalized spacial score (nSPS) is 15.0. The lowest BCUT2D eigenvalue weighted by molar-refractivity contribution is 0.488. The number of ether oxygens (including phenoxy) is 1. The zero-order valence-electron chi connectivity index (χ0n) is 39.8. The first-order chi connectivity index (χ1) is 32.4. The van der Waals surface area contributed by atoms with Gasteiger partial charge in [-0.3, -0.25) is 0 Å². The molecule has 0 amide bonds. The molecule has 3 heterocycles. The molecule has 0 radical (unpaired) electrons. The van der Waals surface area contributed by atoms with E-state index in [2.05, 4.69) is 177 Å². The van der Waals surface area contributed by atoms with E-state index in [0.717, 1.165) is 50.3 Å². The topological polar surface area (TPSA) is 12.5 Å². The highest BCUT2D eigenvalue weighted by molar-refractivity contribution is 7.22. The van der Waals surface area contributed by atoms with E-state index < -0.39 is 14.1 Å². The second-order valence-electron chi connectivity index (χ2n) is 17.7. The van der Waals surface area contributed by atoms with Crippen LogP contribution in [0.2, 0.25) is 0 Å². The molecular weight excluding hydrogens is 766 g/mol. The van der Waals surface area contributed by atoms with Crippen LogP contribution in [0.4, 0.5) is 17.1 Å². The zero-order valence-corrected chi connectivity index (χ0v) is 35.8. The van der Waals surface area contributed by atoms with Crippen LogP contribution < -0.4 is 46.8 Å². The zero-order chi connectivity index (χ0) is 45.9. The van der Waals surface area contributed by atoms with Gasteiger partial charge in [0.05, 0.1) is 6.85 Å². The Morgan fingerprint density at radius 2 is 1.15 bits per heavy atom. The Bertz CT molecular complexity index is 3420. The fraction of sp³-hybridized carbons (Fsp3) is 0.0690. The molecule has 3 aliphatic heterocycles. The maximum absolute atomic E-state index is 9.18. The lowest BCUT2D eigenvalue weighted by Gasteiger charge is -2.41. The molecule has 0 aromatic heterocycles. The third-order valence-electron chi connectivity index (χ3n) is 13.2. The van der Waals surface area contributed by atoms with Crippen molar-refractivity contribution in [2.45, 2.75) is 26.2 Å². The number of rotatable bonds is 5. The number of hydrogen-bond donors (Lipinski definition) is 0. The van der Waals surface area contributed by atoms with Crippen molar-refractivity contribution in [2.24, 2.45) is 0 Å². The summed E-state index contributed by atoms with van der Waals surface area (Å²) in [5, 5.41) is 5.27. The Kier molecular flexibility index (Phi) is 7.13. The van der Waals surface area contributed by atoms with E-state index in [0.29, 0.717) is 11.3 Å². The molecule has 0 N–H and O–H groups in total. The lowest BCUT2D eigenvalue weighted by Crippen LogP contribution is -2.73. The Hall–Kier alpha value is -7.14. The Morgan fingerprint density at radius 1 is 0.500 bits per heavy atom. The summed E-state index contributed by atoms with van der Waals surface area (Å²) in [6.07, 6.45) is 0. The first kappa shape index (κ1) is 31.7. The summed E-state index contributed by atoms with van der Waals surface area (Å²) >= 11 is 0. The van der Waals surface area contributed by atoms with Gasteiger partial charge in [0.15, 0.2) is 8.07 Å². The lowest BCUT2D eigenvalue weighted by atomic mass is 9.34. The summed E-state index contributed by atoms with van der Waals surface area (Å²) in [4.78, 5) is 2.33. The molecule has 3 aliphatic rings. The monoisotopic (exact) mass is 814 g/mol. The highest BCUT2D eigenvalue weighted by atomic mass is 28.3. The minimum absolute atomic E-state index is 0.0805. The van der Waals surface area contributed by atoms with Gasteiger partial charge in [-0.15, -0.1) is 0 Å². The average Bonchev–Trinajstić information content (AvgIpc) is 3.64. The molecule has 0 unspecified atom stereocenters. The molecule has 9 aromatic carbocycles. The molecule has 2 nitrogen and oxygen atoms in total. The second-order valence-corrected chi connectivity index (χ2v) is 21.4. The second kappa shape index (κ2) is 14.0. The first-order valence-corrected chi connectivity index (χ1v) is 23.4. The van der Waals surface area contributed by atoms with Crippen LogP contribution in [0.5, 0.6) is 11.5 Å². The standard InChI is InChI=1S/C58H44BNOSi/c1-58(2,3)43-29-31-44(32-30-43)60-51-38-56-48(47-26-16-17-27-55(47)62(56,45-22-12-6-13-23-45)46-24-14-7-15-25-46)37-50(51)59-49-33-28-41(39-18-8-4-9-19-39)35-53(49)61-54-36-42(34-52(60)57(54)59)40-20-10-5-11-21-40/h4-38H,1-3H3/i5D,10D,11D,20D,21D. The Morgan fingerprint density at radius 3 is 1.84 bits per heavy atom. The summed E-state index contributed by atoms with van der Waals surface area (Å²) < 4.78 is 51.4. The van der Waals surface area contributed by atoms with Crippen LogP contribution in [0.15, 0.2) is 212 Å². The fourth-order valence-electron chi connectivity index (χ4n) is 10.4. The predicted molar refractivity (Wildman–Crippen MR) is 264 cm³/mol. The number of fused-ring (bicyclic) bond motifs is 7. The molecule has 9 aromatic rings. The van der Waals surface area contributed by atoms with Gasteiger partial charge in [-0.2, -0.15) is 0 Å². The summed E-state index contributed by atoms with van der Waals surface area (Å²) in [7, 11) is -2.94. The van der Waals surface area contributed by atoms with Crippen molar-refractivity contribution in [1.82, 2.24) is 0 Å². The van der Waals surface area contributed by atoms with Gasteiger partial charge in [0.2, 0.25) is 0 Å². The Balaban J connectivity index is 1.21. The van der Waals surface area contributed by atoms with Crippen molar-refractivity contribution >= 4 is 69.0 Å². The largest absolute Gasteiger partial charge is 0.458 e. The van der Waals surface area contributed by atoms with Crippen molar-refractivity contribution in [1.29, 1.82) is 0 Å². The highest BCUT2D eigenvalue weighted by Crippen LogP contribution is 2.45. The number of anilines is 3. The predicted octanol–water partition coefficient (Wildman–Crippen LogP) is 10.1. The van der Waals surface area contributed by atoms with Crippen LogP contribution in [0.1, 0.15) is 33.2 Å². The van der Waals surface area contributed by atoms with Crippen LogP contribution in [-0.2, 0) is 5.41 Å².